The highest BCUT2D eigenvalue weighted by Crippen LogP contribution is 2.25. The third-order valence-corrected chi connectivity index (χ3v) is 6.79. The van der Waals surface area contributed by atoms with Crippen LogP contribution in [0.1, 0.15) is 44.0 Å². The van der Waals surface area contributed by atoms with Gasteiger partial charge in [0.1, 0.15) is 10.7 Å². The van der Waals surface area contributed by atoms with E-state index in [9.17, 15) is 9.59 Å². The van der Waals surface area contributed by atoms with Crippen LogP contribution in [0.4, 0.5) is 0 Å². The quantitative estimate of drug-likeness (QED) is 0.778. The van der Waals surface area contributed by atoms with E-state index in [-0.39, 0.29) is 23.6 Å². The van der Waals surface area contributed by atoms with Crippen LogP contribution in [-0.4, -0.2) is 75.4 Å². The summed E-state index contributed by atoms with van der Waals surface area (Å²) in [5, 5.41) is 0.722. The highest BCUT2D eigenvalue weighted by molar-refractivity contribution is 7.18. The molecule has 0 spiro atoms. The lowest BCUT2D eigenvalue weighted by atomic mass is 10.2. The normalized spacial score (nSPS) is 16.3. The Kier molecular flexibility index (Phi) is 6.76. The van der Waals surface area contributed by atoms with Gasteiger partial charge in [-0.25, -0.2) is 4.98 Å². The van der Waals surface area contributed by atoms with Crippen molar-refractivity contribution in [3.8, 4) is 0 Å². The number of hydrogen-bond donors (Lipinski definition) is 1. The Labute approximate surface area is 176 Å². The molecule has 0 atom stereocenters. The van der Waals surface area contributed by atoms with Gasteiger partial charge in [-0.3, -0.25) is 19.4 Å². The largest absolute Gasteiger partial charge is 0.337 e. The van der Waals surface area contributed by atoms with Crippen LogP contribution in [0.15, 0.2) is 4.79 Å². The van der Waals surface area contributed by atoms with E-state index < -0.39 is 0 Å². The number of aromatic nitrogens is 2. The summed E-state index contributed by atoms with van der Waals surface area (Å²) in [6.45, 7) is 16.8. The van der Waals surface area contributed by atoms with E-state index in [4.69, 9.17) is 0 Å². The van der Waals surface area contributed by atoms with Crippen molar-refractivity contribution in [3.05, 3.63) is 26.6 Å². The summed E-state index contributed by atoms with van der Waals surface area (Å²) < 4.78 is 0. The molecule has 0 unspecified atom stereocenters. The Hall–Kier alpha value is -1.77. The third-order valence-electron chi connectivity index (χ3n) is 5.69. The summed E-state index contributed by atoms with van der Waals surface area (Å²) in [6.07, 6.45) is 0. The minimum Gasteiger partial charge on any atom is -0.337 e. The van der Waals surface area contributed by atoms with Crippen LogP contribution < -0.4 is 5.56 Å². The van der Waals surface area contributed by atoms with E-state index in [1.165, 1.54) is 0 Å². The second-order valence-electron chi connectivity index (χ2n) is 8.52. The molecule has 1 aliphatic heterocycles. The highest BCUT2D eigenvalue weighted by atomic mass is 32.1. The van der Waals surface area contributed by atoms with Crippen molar-refractivity contribution in [2.24, 2.45) is 0 Å². The van der Waals surface area contributed by atoms with Gasteiger partial charge < -0.3 is 9.88 Å². The number of piperazine rings is 1. The molecule has 0 radical (unpaired) electrons. The van der Waals surface area contributed by atoms with Gasteiger partial charge in [0.05, 0.1) is 18.5 Å². The maximum atomic E-state index is 12.7. The van der Waals surface area contributed by atoms with Crippen molar-refractivity contribution in [3.63, 3.8) is 0 Å². The predicted molar refractivity (Wildman–Crippen MR) is 119 cm³/mol. The molecule has 2 aromatic rings. The molecule has 2 aromatic heterocycles. The summed E-state index contributed by atoms with van der Waals surface area (Å²) >= 11 is 1.58. The average Bonchev–Trinajstić information content (AvgIpc) is 2.90. The fourth-order valence-electron chi connectivity index (χ4n) is 4.14. The van der Waals surface area contributed by atoms with Crippen LogP contribution in [0.3, 0.4) is 0 Å². The molecular formula is C21H33N5O2S. The molecule has 160 valence electrons. The number of carbonyl (C=O) groups is 1. The summed E-state index contributed by atoms with van der Waals surface area (Å²) in [5.74, 6) is 0.919. The Morgan fingerprint density at radius 2 is 1.69 bits per heavy atom. The molecule has 1 amide bonds. The minimum atomic E-state index is -0.0430. The molecule has 0 aliphatic carbocycles. The molecule has 1 fully saturated rings. The number of nitrogens with zero attached hydrogens (tertiary/aromatic N) is 4. The number of amides is 1. The number of aryl methyl sites for hydroxylation is 2. The summed E-state index contributed by atoms with van der Waals surface area (Å²) in [6, 6.07) is 0.428. The van der Waals surface area contributed by atoms with Crippen molar-refractivity contribution in [2.45, 2.75) is 60.2 Å². The fourth-order valence-corrected chi connectivity index (χ4v) is 5.19. The lowest BCUT2D eigenvalue weighted by Crippen LogP contribution is -2.52. The second kappa shape index (κ2) is 8.93. The molecule has 8 heteroatoms. The smallest absolute Gasteiger partial charge is 0.259 e. The first kappa shape index (κ1) is 21.9. The van der Waals surface area contributed by atoms with E-state index in [1.54, 1.807) is 11.3 Å². The van der Waals surface area contributed by atoms with Crippen LogP contribution in [0.5, 0.6) is 0 Å². The standard InChI is InChI=1S/C21H33N5O2S/c1-13(2)26(14(3)4)18(27)12-25-9-7-24(8-10-25)11-17-22-20(28)19-15(5)16(6)29-21(19)23-17/h13-14H,7-12H2,1-6H3,(H,22,23,28). The first-order valence-corrected chi connectivity index (χ1v) is 11.2. The van der Waals surface area contributed by atoms with Crippen LogP contribution >= 0.6 is 11.3 Å². The van der Waals surface area contributed by atoms with E-state index in [1.807, 2.05) is 18.7 Å². The van der Waals surface area contributed by atoms with Gasteiger partial charge in [-0.2, -0.15) is 0 Å². The lowest BCUT2D eigenvalue weighted by Gasteiger charge is -2.37. The monoisotopic (exact) mass is 419 g/mol. The number of carbonyl (C=O) groups excluding carboxylic acids is 1. The van der Waals surface area contributed by atoms with Gasteiger partial charge in [-0.05, 0) is 47.1 Å². The number of rotatable bonds is 6. The van der Waals surface area contributed by atoms with Gasteiger partial charge in [-0.15, -0.1) is 11.3 Å². The van der Waals surface area contributed by atoms with E-state index in [2.05, 4.69) is 47.5 Å². The molecule has 0 aromatic carbocycles. The van der Waals surface area contributed by atoms with Gasteiger partial charge in [0, 0.05) is 43.1 Å². The number of hydrogen-bond acceptors (Lipinski definition) is 6. The molecule has 1 aliphatic rings. The maximum Gasteiger partial charge on any atom is 0.259 e. The van der Waals surface area contributed by atoms with Crippen LogP contribution in [0, 0.1) is 13.8 Å². The van der Waals surface area contributed by atoms with E-state index in [0.717, 1.165) is 52.7 Å². The number of thiophene rings is 1. The first-order valence-electron chi connectivity index (χ1n) is 10.4. The topological polar surface area (TPSA) is 72.5 Å². The Morgan fingerprint density at radius 1 is 1.10 bits per heavy atom. The van der Waals surface area contributed by atoms with Crippen molar-refractivity contribution in [1.82, 2.24) is 24.7 Å². The molecule has 7 nitrogen and oxygen atoms in total. The average molecular weight is 420 g/mol. The van der Waals surface area contributed by atoms with Gasteiger partial charge in [0.25, 0.3) is 5.56 Å². The Morgan fingerprint density at radius 3 is 2.28 bits per heavy atom. The Bertz CT molecular complexity index is 917. The minimum absolute atomic E-state index is 0.0430. The molecule has 0 bridgehead atoms. The van der Waals surface area contributed by atoms with Gasteiger partial charge >= 0.3 is 0 Å². The SMILES string of the molecule is Cc1sc2nc(CN3CCN(CC(=O)N(C(C)C)C(C)C)CC3)[nH]c(=O)c2c1C. The zero-order valence-corrected chi connectivity index (χ0v) is 19.2. The van der Waals surface area contributed by atoms with E-state index >= 15 is 0 Å². The molecule has 3 rings (SSSR count). The molecule has 1 saturated heterocycles. The maximum absolute atomic E-state index is 12.7. The third kappa shape index (κ3) is 4.87. The summed E-state index contributed by atoms with van der Waals surface area (Å²) in [4.78, 5) is 41.2. The number of H-pyrrole nitrogens is 1. The fraction of sp³-hybridized carbons (Fsp3) is 0.667. The number of fused-ring (bicyclic) bond motifs is 1. The van der Waals surface area contributed by atoms with Gasteiger partial charge in [0.2, 0.25) is 5.91 Å². The van der Waals surface area contributed by atoms with Gasteiger partial charge in [0.15, 0.2) is 0 Å². The number of aromatic amines is 1. The van der Waals surface area contributed by atoms with Crippen LogP contribution in [0.25, 0.3) is 10.2 Å². The highest BCUT2D eigenvalue weighted by Gasteiger charge is 2.25. The number of nitrogens with one attached hydrogen (secondary N) is 1. The molecule has 3 heterocycles. The van der Waals surface area contributed by atoms with Crippen molar-refractivity contribution in [2.75, 3.05) is 32.7 Å². The second-order valence-corrected chi connectivity index (χ2v) is 9.72. The molecule has 1 N–H and O–H groups in total. The van der Waals surface area contributed by atoms with Crippen LogP contribution in [-0.2, 0) is 11.3 Å². The first-order chi connectivity index (χ1) is 13.7. The predicted octanol–water partition coefficient (Wildman–Crippen LogP) is 2.36. The van der Waals surface area contributed by atoms with Crippen LogP contribution in [0.2, 0.25) is 0 Å². The summed E-state index contributed by atoms with van der Waals surface area (Å²) in [7, 11) is 0. The molecule has 0 saturated carbocycles. The zero-order chi connectivity index (χ0) is 21.3. The van der Waals surface area contributed by atoms with Gasteiger partial charge in [-0.1, -0.05) is 0 Å². The van der Waals surface area contributed by atoms with E-state index in [0.29, 0.717) is 13.1 Å². The van der Waals surface area contributed by atoms with Crippen molar-refractivity contribution < 1.29 is 4.79 Å². The molecular weight excluding hydrogens is 386 g/mol. The summed E-state index contributed by atoms with van der Waals surface area (Å²) in [5.41, 5.74) is 0.985. The molecule has 29 heavy (non-hydrogen) atoms. The lowest BCUT2D eigenvalue weighted by molar-refractivity contribution is -0.136. The van der Waals surface area contributed by atoms with Crippen molar-refractivity contribution >= 4 is 27.5 Å². The van der Waals surface area contributed by atoms with Crippen molar-refractivity contribution in [1.29, 1.82) is 0 Å². The zero-order valence-electron chi connectivity index (χ0n) is 18.4. The Balaban J connectivity index is 1.58.